The zero-order valence-electron chi connectivity index (χ0n) is 11.5. The lowest BCUT2D eigenvalue weighted by atomic mass is 9.87. The standard InChI is InChI=1S/C14H18F2O3/c1-5-19-12(17)14(15,16)13(4,18)11-7-6-9(2)10(3)8-11/h6-8,18H,5H2,1-4H3. The Morgan fingerprint density at radius 3 is 2.37 bits per heavy atom. The second-order valence-corrected chi connectivity index (χ2v) is 4.67. The van der Waals surface area contributed by atoms with Crippen LogP contribution < -0.4 is 0 Å². The van der Waals surface area contributed by atoms with E-state index in [0.717, 1.165) is 18.1 Å². The number of rotatable bonds is 4. The van der Waals surface area contributed by atoms with E-state index in [9.17, 15) is 18.7 Å². The second kappa shape index (κ2) is 5.25. The zero-order chi connectivity index (χ0) is 14.8. The van der Waals surface area contributed by atoms with Crippen molar-refractivity contribution in [3.63, 3.8) is 0 Å². The van der Waals surface area contributed by atoms with Gasteiger partial charge in [-0.15, -0.1) is 0 Å². The van der Waals surface area contributed by atoms with Gasteiger partial charge in [-0.05, 0) is 44.4 Å². The number of hydrogen-bond donors (Lipinski definition) is 1. The van der Waals surface area contributed by atoms with Crippen molar-refractivity contribution in [2.45, 2.75) is 39.2 Å². The largest absolute Gasteiger partial charge is 0.461 e. The van der Waals surface area contributed by atoms with Gasteiger partial charge in [0, 0.05) is 0 Å². The monoisotopic (exact) mass is 272 g/mol. The van der Waals surface area contributed by atoms with Crippen molar-refractivity contribution in [2.75, 3.05) is 6.61 Å². The van der Waals surface area contributed by atoms with Gasteiger partial charge < -0.3 is 9.84 Å². The molecule has 0 amide bonds. The number of ether oxygens (including phenoxy) is 1. The Kier molecular flexibility index (Phi) is 4.30. The van der Waals surface area contributed by atoms with Crippen molar-refractivity contribution in [2.24, 2.45) is 0 Å². The molecule has 19 heavy (non-hydrogen) atoms. The van der Waals surface area contributed by atoms with Gasteiger partial charge in [0.25, 0.3) is 0 Å². The van der Waals surface area contributed by atoms with Crippen LogP contribution in [0.4, 0.5) is 8.78 Å². The number of benzene rings is 1. The summed E-state index contributed by atoms with van der Waals surface area (Å²) in [4.78, 5) is 11.3. The Balaban J connectivity index is 3.21. The number of alkyl halides is 2. The normalized spacial score (nSPS) is 14.9. The summed E-state index contributed by atoms with van der Waals surface area (Å²) in [5, 5.41) is 10.1. The molecule has 0 heterocycles. The van der Waals surface area contributed by atoms with Crippen LogP contribution >= 0.6 is 0 Å². The van der Waals surface area contributed by atoms with E-state index in [-0.39, 0.29) is 12.2 Å². The number of aryl methyl sites for hydroxylation is 2. The molecule has 0 bridgehead atoms. The van der Waals surface area contributed by atoms with E-state index in [1.54, 1.807) is 13.0 Å². The van der Waals surface area contributed by atoms with E-state index < -0.39 is 17.5 Å². The Morgan fingerprint density at radius 2 is 1.89 bits per heavy atom. The summed E-state index contributed by atoms with van der Waals surface area (Å²) in [5.41, 5.74) is -0.956. The number of carbonyl (C=O) groups excluding carboxylic acids is 1. The van der Waals surface area contributed by atoms with E-state index in [0.29, 0.717) is 0 Å². The first-order valence-electron chi connectivity index (χ1n) is 5.99. The molecule has 1 rings (SSSR count). The molecule has 1 N–H and O–H groups in total. The Labute approximate surface area is 111 Å². The fraction of sp³-hybridized carbons (Fsp3) is 0.500. The molecule has 0 radical (unpaired) electrons. The Bertz CT molecular complexity index is 482. The van der Waals surface area contributed by atoms with Crippen LogP contribution in [0.2, 0.25) is 0 Å². The van der Waals surface area contributed by atoms with Gasteiger partial charge in [0.15, 0.2) is 5.60 Å². The number of hydrogen-bond acceptors (Lipinski definition) is 3. The van der Waals surface area contributed by atoms with Gasteiger partial charge in [-0.25, -0.2) is 4.79 Å². The maximum absolute atomic E-state index is 14.0. The van der Waals surface area contributed by atoms with E-state index in [1.165, 1.54) is 19.1 Å². The van der Waals surface area contributed by atoms with Crippen LogP contribution in [0.25, 0.3) is 0 Å². The fourth-order valence-electron chi connectivity index (χ4n) is 1.65. The van der Waals surface area contributed by atoms with Gasteiger partial charge in [0.1, 0.15) is 0 Å². The molecular formula is C14H18F2O3. The van der Waals surface area contributed by atoms with Gasteiger partial charge in [0.05, 0.1) is 6.61 Å². The number of aliphatic hydroxyl groups is 1. The summed E-state index contributed by atoms with van der Waals surface area (Å²) < 4.78 is 32.3. The minimum absolute atomic E-state index is 0.0198. The first kappa shape index (κ1) is 15.6. The van der Waals surface area contributed by atoms with Crippen LogP contribution in [0.5, 0.6) is 0 Å². The lowest BCUT2D eigenvalue weighted by molar-refractivity contribution is -0.212. The van der Waals surface area contributed by atoms with E-state index in [2.05, 4.69) is 4.74 Å². The predicted molar refractivity (Wildman–Crippen MR) is 67.1 cm³/mol. The summed E-state index contributed by atoms with van der Waals surface area (Å²) >= 11 is 0. The van der Waals surface area contributed by atoms with Crippen molar-refractivity contribution < 1.29 is 23.4 Å². The van der Waals surface area contributed by atoms with Crippen LogP contribution in [0, 0.1) is 13.8 Å². The fourth-order valence-corrected chi connectivity index (χ4v) is 1.65. The first-order chi connectivity index (χ1) is 8.64. The van der Waals surface area contributed by atoms with Crippen molar-refractivity contribution >= 4 is 5.97 Å². The van der Waals surface area contributed by atoms with Crippen LogP contribution in [0.1, 0.15) is 30.5 Å². The molecule has 0 aliphatic heterocycles. The van der Waals surface area contributed by atoms with Gasteiger partial charge >= 0.3 is 11.9 Å². The van der Waals surface area contributed by atoms with E-state index in [1.807, 2.05) is 6.92 Å². The number of esters is 1. The third-order valence-electron chi connectivity index (χ3n) is 3.21. The van der Waals surface area contributed by atoms with Crippen molar-refractivity contribution in [3.05, 3.63) is 34.9 Å². The molecule has 1 aromatic carbocycles. The number of halogens is 2. The van der Waals surface area contributed by atoms with Gasteiger partial charge in [-0.3, -0.25) is 0 Å². The third-order valence-corrected chi connectivity index (χ3v) is 3.21. The molecule has 0 spiro atoms. The number of carbonyl (C=O) groups is 1. The van der Waals surface area contributed by atoms with E-state index >= 15 is 0 Å². The summed E-state index contributed by atoms with van der Waals surface area (Å²) in [7, 11) is 0. The molecule has 0 aromatic heterocycles. The van der Waals surface area contributed by atoms with Crippen LogP contribution in [0.15, 0.2) is 18.2 Å². The molecular weight excluding hydrogens is 254 g/mol. The van der Waals surface area contributed by atoms with Crippen LogP contribution in [-0.2, 0) is 15.1 Å². The molecule has 3 nitrogen and oxygen atoms in total. The summed E-state index contributed by atoms with van der Waals surface area (Å²) in [5.74, 6) is -5.73. The third kappa shape index (κ3) is 2.76. The van der Waals surface area contributed by atoms with Crippen molar-refractivity contribution in [3.8, 4) is 0 Å². The quantitative estimate of drug-likeness (QED) is 0.857. The maximum Gasteiger partial charge on any atom is 0.380 e. The van der Waals surface area contributed by atoms with Crippen LogP contribution in [-0.4, -0.2) is 23.6 Å². The Hall–Kier alpha value is -1.49. The molecule has 0 aliphatic carbocycles. The van der Waals surface area contributed by atoms with Gasteiger partial charge in [-0.2, -0.15) is 8.78 Å². The highest BCUT2D eigenvalue weighted by molar-refractivity contribution is 5.79. The SMILES string of the molecule is CCOC(=O)C(F)(F)C(C)(O)c1ccc(C)c(C)c1. The molecule has 0 saturated carbocycles. The highest BCUT2D eigenvalue weighted by Crippen LogP contribution is 2.38. The molecule has 1 atom stereocenters. The smallest absolute Gasteiger partial charge is 0.380 e. The van der Waals surface area contributed by atoms with Crippen molar-refractivity contribution in [1.82, 2.24) is 0 Å². The Morgan fingerprint density at radius 1 is 1.32 bits per heavy atom. The lowest BCUT2D eigenvalue weighted by Crippen LogP contribution is -2.49. The molecule has 1 unspecified atom stereocenters. The molecule has 0 aliphatic rings. The lowest BCUT2D eigenvalue weighted by Gasteiger charge is -2.31. The second-order valence-electron chi connectivity index (χ2n) is 4.67. The van der Waals surface area contributed by atoms with Crippen LogP contribution in [0.3, 0.4) is 0 Å². The summed E-state index contributed by atoms with van der Waals surface area (Å²) in [6.45, 7) is 5.75. The first-order valence-corrected chi connectivity index (χ1v) is 5.99. The molecule has 0 fully saturated rings. The minimum atomic E-state index is -4.01. The highest BCUT2D eigenvalue weighted by atomic mass is 19.3. The molecule has 106 valence electrons. The zero-order valence-corrected chi connectivity index (χ0v) is 11.5. The maximum atomic E-state index is 14.0. The average molecular weight is 272 g/mol. The average Bonchev–Trinajstić information content (AvgIpc) is 2.32. The molecule has 5 heteroatoms. The topological polar surface area (TPSA) is 46.5 Å². The van der Waals surface area contributed by atoms with Gasteiger partial charge in [-0.1, -0.05) is 18.2 Å². The predicted octanol–water partition coefficient (Wildman–Crippen LogP) is 2.71. The minimum Gasteiger partial charge on any atom is -0.461 e. The molecule has 1 aromatic rings. The molecule has 0 saturated heterocycles. The summed E-state index contributed by atoms with van der Waals surface area (Å²) in [6.07, 6.45) is 0. The van der Waals surface area contributed by atoms with Gasteiger partial charge in [0.2, 0.25) is 0 Å². The summed E-state index contributed by atoms with van der Waals surface area (Å²) in [6, 6.07) is 4.46. The highest BCUT2D eigenvalue weighted by Gasteiger charge is 2.57. The van der Waals surface area contributed by atoms with Crippen molar-refractivity contribution in [1.29, 1.82) is 0 Å². The van der Waals surface area contributed by atoms with E-state index in [4.69, 9.17) is 0 Å².